The van der Waals surface area contributed by atoms with Crippen molar-refractivity contribution in [3.05, 3.63) is 71.7 Å². The molecule has 10 nitrogen and oxygen atoms in total. The summed E-state index contributed by atoms with van der Waals surface area (Å²) < 4.78 is 6.58. The van der Waals surface area contributed by atoms with Crippen LogP contribution in [-0.2, 0) is 6.42 Å². The molecule has 1 aromatic carbocycles. The fraction of sp³-hybridized carbons (Fsp3) is 0.300. The van der Waals surface area contributed by atoms with Gasteiger partial charge in [-0.3, -0.25) is 14.6 Å². The van der Waals surface area contributed by atoms with Gasteiger partial charge in [-0.15, -0.1) is 10.2 Å². The van der Waals surface area contributed by atoms with Crippen LogP contribution in [0.15, 0.2) is 38.6 Å². The van der Waals surface area contributed by atoms with Gasteiger partial charge in [0.2, 0.25) is 11.6 Å². The molecule has 1 aliphatic carbocycles. The van der Waals surface area contributed by atoms with E-state index in [2.05, 4.69) is 15.3 Å². The van der Waals surface area contributed by atoms with Crippen molar-refractivity contribution in [3.8, 4) is 23.4 Å². The van der Waals surface area contributed by atoms with Gasteiger partial charge in [0.25, 0.3) is 11.1 Å². The van der Waals surface area contributed by atoms with Crippen LogP contribution in [0.5, 0.6) is 11.6 Å². The molecule has 0 atom stereocenters. The SMILES string of the molecule is N#Cc1nn(-c2ccc(Oc3cc(CC4CCCC4)c(=O)[nH]n3)c(Cl)c2)c(=O)[nH]c1=O. The van der Waals surface area contributed by atoms with E-state index >= 15 is 0 Å². The van der Waals surface area contributed by atoms with Crippen LogP contribution in [0.1, 0.15) is 36.9 Å². The number of halogens is 1. The zero-order chi connectivity index (χ0) is 22.0. The second-order valence-electron chi connectivity index (χ2n) is 7.26. The third-order valence-electron chi connectivity index (χ3n) is 5.15. The summed E-state index contributed by atoms with van der Waals surface area (Å²) in [5.41, 5.74) is -1.54. The van der Waals surface area contributed by atoms with Crippen molar-refractivity contribution in [1.82, 2.24) is 25.0 Å². The van der Waals surface area contributed by atoms with E-state index in [0.717, 1.165) is 17.5 Å². The van der Waals surface area contributed by atoms with Crippen molar-refractivity contribution < 1.29 is 4.74 Å². The normalized spacial score (nSPS) is 13.8. The van der Waals surface area contributed by atoms with Crippen molar-refractivity contribution in [1.29, 1.82) is 5.26 Å². The maximum absolute atomic E-state index is 12.1. The monoisotopic (exact) mass is 440 g/mol. The molecule has 1 saturated carbocycles. The van der Waals surface area contributed by atoms with Crippen molar-refractivity contribution >= 4 is 11.6 Å². The topological polar surface area (TPSA) is 147 Å². The van der Waals surface area contributed by atoms with Gasteiger partial charge in [-0.2, -0.15) is 9.94 Å². The van der Waals surface area contributed by atoms with Crippen LogP contribution in [0.25, 0.3) is 5.69 Å². The van der Waals surface area contributed by atoms with Gasteiger partial charge in [-0.1, -0.05) is 37.3 Å². The third kappa shape index (κ3) is 4.41. The van der Waals surface area contributed by atoms with Crippen molar-refractivity contribution in [2.75, 3.05) is 0 Å². The minimum atomic E-state index is -0.868. The Morgan fingerprint density at radius 2 is 1.97 bits per heavy atom. The average Bonchev–Trinajstić information content (AvgIpc) is 3.25. The zero-order valence-electron chi connectivity index (χ0n) is 16.2. The van der Waals surface area contributed by atoms with Crippen molar-refractivity contribution in [2.45, 2.75) is 32.1 Å². The lowest BCUT2D eigenvalue weighted by atomic mass is 9.99. The van der Waals surface area contributed by atoms with Crippen LogP contribution in [0.4, 0.5) is 0 Å². The Balaban J connectivity index is 1.60. The number of hydrogen-bond acceptors (Lipinski definition) is 7. The third-order valence-corrected chi connectivity index (χ3v) is 5.44. The van der Waals surface area contributed by atoms with Gasteiger partial charge in [0.05, 0.1) is 10.7 Å². The molecule has 158 valence electrons. The van der Waals surface area contributed by atoms with Gasteiger partial charge in [-0.05, 0) is 30.5 Å². The fourth-order valence-corrected chi connectivity index (χ4v) is 3.83. The zero-order valence-corrected chi connectivity index (χ0v) is 17.0. The molecule has 0 spiro atoms. The highest BCUT2D eigenvalue weighted by molar-refractivity contribution is 6.32. The van der Waals surface area contributed by atoms with E-state index in [0.29, 0.717) is 17.9 Å². The summed E-state index contributed by atoms with van der Waals surface area (Å²) in [4.78, 5) is 37.7. The van der Waals surface area contributed by atoms with Crippen LogP contribution in [0.2, 0.25) is 5.02 Å². The first-order valence-corrected chi connectivity index (χ1v) is 10.0. The molecule has 0 aliphatic heterocycles. The smallest absolute Gasteiger partial charge is 0.349 e. The minimum Gasteiger partial charge on any atom is -0.436 e. The number of benzene rings is 1. The van der Waals surface area contributed by atoms with Gasteiger partial charge < -0.3 is 4.74 Å². The number of ether oxygens (including phenoxy) is 1. The second-order valence-corrected chi connectivity index (χ2v) is 7.67. The number of nitrogens with zero attached hydrogens (tertiary/aromatic N) is 4. The summed E-state index contributed by atoms with van der Waals surface area (Å²) in [6.45, 7) is 0. The van der Waals surface area contributed by atoms with E-state index in [1.807, 2.05) is 4.98 Å². The van der Waals surface area contributed by atoms with E-state index in [-0.39, 0.29) is 27.9 Å². The number of nitrogens with one attached hydrogen (secondary N) is 2. The molecule has 0 radical (unpaired) electrons. The number of nitriles is 1. The van der Waals surface area contributed by atoms with Gasteiger partial charge in [-0.25, -0.2) is 9.89 Å². The summed E-state index contributed by atoms with van der Waals surface area (Å²) >= 11 is 6.29. The summed E-state index contributed by atoms with van der Waals surface area (Å²) in [6.07, 6.45) is 5.25. The Hall–Kier alpha value is -3.71. The summed E-state index contributed by atoms with van der Waals surface area (Å²) in [7, 11) is 0. The van der Waals surface area contributed by atoms with E-state index in [9.17, 15) is 14.4 Å². The number of rotatable bonds is 5. The maximum atomic E-state index is 12.1. The first-order chi connectivity index (χ1) is 14.9. The van der Waals surface area contributed by atoms with Gasteiger partial charge in [0.15, 0.2) is 0 Å². The molecule has 0 amide bonds. The highest BCUT2D eigenvalue weighted by atomic mass is 35.5. The molecule has 0 unspecified atom stereocenters. The van der Waals surface area contributed by atoms with E-state index in [1.54, 1.807) is 12.1 Å². The largest absolute Gasteiger partial charge is 0.436 e. The van der Waals surface area contributed by atoms with Crippen LogP contribution in [-0.4, -0.2) is 25.0 Å². The molecule has 2 aromatic heterocycles. The predicted octanol–water partition coefficient (Wildman–Crippen LogP) is 2.05. The molecule has 4 rings (SSSR count). The Kier molecular flexibility index (Phi) is 5.68. The van der Waals surface area contributed by atoms with Crippen LogP contribution in [0, 0.1) is 17.2 Å². The number of hydrogen-bond donors (Lipinski definition) is 2. The maximum Gasteiger partial charge on any atom is 0.349 e. The molecule has 2 heterocycles. The quantitative estimate of drug-likeness (QED) is 0.617. The molecule has 1 fully saturated rings. The Morgan fingerprint density at radius 1 is 1.19 bits per heavy atom. The summed E-state index contributed by atoms with van der Waals surface area (Å²) in [6, 6.07) is 7.60. The Labute approximate surface area is 180 Å². The summed E-state index contributed by atoms with van der Waals surface area (Å²) in [5, 5.41) is 19.2. The first-order valence-electron chi connectivity index (χ1n) is 9.64. The van der Waals surface area contributed by atoms with E-state index in [4.69, 9.17) is 21.6 Å². The molecular weight excluding hydrogens is 424 g/mol. The fourth-order valence-electron chi connectivity index (χ4n) is 3.62. The molecule has 0 saturated heterocycles. The predicted molar refractivity (Wildman–Crippen MR) is 111 cm³/mol. The highest BCUT2D eigenvalue weighted by Crippen LogP contribution is 2.31. The van der Waals surface area contributed by atoms with Gasteiger partial charge in [0, 0.05) is 11.6 Å². The lowest BCUT2D eigenvalue weighted by molar-refractivity contribution is 0.450. The van der Waals surface area contributed by atoms with Crippen molar-refractivity contribution in [3.63, 3.8) is 0 Å². The molecular formula is C20H17ClN6O4. The van der Waals surface area contributed by atoms with Crippen molar-refractivity contribution in [2.24, 2.45) is 5.92 Å². The molecule has 1 aliphatic rings. The van der Waals surface area contributed by atoms with Gasteiger partial charge in [0.1, 0.15) is 11.8 Å². The first kappa shape index (κ1) is 20.6. The standard InChI is InChI=1S/C20H17ClN6O4/c21-14-9-13(27-20(30)23-19(29)15(10-22)26-27)5-6-16(14)31-17-8-12(18(28)25-24-17)7-11-3-1-2-4-11/h5-6,8-9,11H,1-4,7H2,(H,25,28)(H,23,29,30). The van der Waals surface area contributed by atoms with Crippen LogP contribution < -0.4 is 21.5 Å². The van der Waals surface area contributed by atoms with E-state index in [1.165, 1.54) is 31.0 Å². The average molecular weight is 441 g/mol. The lowest BCUT2D eigenvalue weighted by Gasteiger charge is -2.11. The highest BCUT2D eigenvalue weighted by Gasteiger charge is 2.18. The number of aromatic amines is 2. The number of aromatic nitrogens is 5. The number of H-pyrrole nitrogens is 2. The van der Waals surface area contributed by atoms with Crippen LogP contribution >= 0.6 is 11.6 Å². The van der Waals surface area contributed by atoms with Gasteiger partial charge >= 0.3 is 5.69 Å². The molecule has 11 heteroatoms. The molecule has 2 N–H and O–H groups in total. The molecule has 3 aromatic rings. The molecule has 0 bridgehead atoms. The Morgan fingerprint density at radius 3 is 2.68 bits per heavy atom. The Bertz CT molecular complexity index is 1350. The van der Waals surface area contributed by atoms with Crippen LogP contribution in [0.3, 0.4) is 0 Å². The lowest BCUT2D eigenvalue weighted by Crippen LogP contribution is -2.33. The minimum absolute atomic E-state index is 0.140. The summed E-state index contributed by atoms with van der Waals surface area (Å²) in [5.74, 6) is 0.920. The second kappa shape index (κ2) is 8.57. The molecule has 31 heavy (non-hydrogen) atoms. The van der Waals surface area contributed by atoms with E-state index < -0.39 is 16.9 Å².